The first kappa shape index (κ1) is 16.1. The number of hydrogen-bond acceptors (Lipinski definition) is 1. The second kappa shape index (κ2) is 6.77. The number of carbonyl (C=O) groups is 1. The predicted molar refractivity (Wildman–Crippen MR) is 96.4 cm³/mol. The maximum Gasteiger partial charge on any atom is 0.232 e. The van der Waals surface area contributed by atoms with Gasteiger partial charge in [0.25, 0.3) is 0 Å². The van der Waals surface area contributed by atoms with Crippen molar-refractivity contribution in [3.05, 3.63) is 76.3 Å². The van der Waals surface area contributed by atoms with Crippen molar-refractivity contribution in [2.24, 2.45) is 0 Å². The van der Waals surface area contributed by atoms with Gasteiger partial charge in [-0.15, -0.1) is 6.58 Å². The van der Waals surface area contributed by atoms with Gasteiger partial charge in [-0.25, -0.2) is 0 Å². The highest BCUT2D eigenvalue weighted by atomic mass is 35.5. The summed E-state index contributed by atoms with van der Waals surface area (Å²) >= 11 is 12.2. The first-order chi connectivity index (χ1) is 11.1. The Kier molecular flexibility index (Phi) is 4.74. The second-order valence-corrected chi connectivity index (χ2v) is 6.60. The number of amides is 1. The van der Waals surface area contributed by atoms with Crippen molar-refractivity contribution >= 4 is 34.8 Å². The molecule has 0 spiro atoms. The molecule has 1 heterocycles. The molecule has 2 unspecified atom stereocenters. The Morgan fingerprint density at radius 1 is 1.17 bits per heavy atom. The fourth-order valence-corrected chi connectivity index (χ4v) is 3.59. The zero-order chi connectivity index (χ0) is 16.4. The zero-order valence-electron chi connectivity index (χ0n) is 12.6. The molecule has 4 heteroatoms. The molecule has 1 aliphatic rings. The third-order valence-electron chi connectivity index (χ3n) is 4.25. The van der Waals surface area contributed by atoms with Gasteiger partial charge in [-0.2, -0.15) is 0 Å². The van der Waals surface area contributed by atoms with Gasteiger partial charge in [-0.1, -0.05) is 47.5 Å². The molecule has 2 aromatic carbocycles. The van der Waals surface area contributed by atoms with Crippen LogP contribution in [0.1, 0.15) is 35.8 Å². The molecule has 0 saturated heterocycles. The molecule has 0 saturated carbocycles. The molecule has 0 bridgehead atoms. The lowest BCUT2D eigenvalue weighted by Gasteiger charge is -2.23. The fourth-order valence-electron chi connectivity index (χ4n) is 3.22. The van der Waals surface area contributed by atoms with E-state index >= 15 is 0 Å². The minimum Gasteiger partial charge on any atom is -0.325 e. The molecule has 1 amide bonds. The van der Waals surface area contributed by atoms with Crippen LogP contribution < -0.4 is 5.32 Å². The maximum absolute atomic E-state index is 12.6. The van der Waals surface area contributed by atoms with Crippen molar-refractivity contribution in [2.75, 3.05) is 5.32 Å². The van der Waals surface area contributed by atoms with Gasteiger partial charge in [0.15, 0.2) is 0 Å². The SMILES string of the molecule is C=CCCC(c1cccc(Cl)c1)C1C(=O)Nc2cc(Cl)ccc21. The molecule has 118 valence electrons. The topological polar surface area (TPSA) is 29.1 Å². The van der Waals surface area contributed by atoms with Crippen molar-refractivity contribution in [1.82, 2.24) is 0 Å². The van der Waals surface area contributed by atoms with E-state index in [4.69, 9.17) is 23.2 Å². The fraction of sp³-hybridized carbons (Fsp3) is 0.211. The molecule has 23 heavy (non-hydrogen) atoms. The molecule has 0 radical (unpaired) electrons. The predicted octanol–water partition coefficient (Wildman–Crippen LogP) is 5.78. The zero-order valence-corrected chi connectivity index (χ0v) is 14.1. The average molecular weight is 346 g/mol. The van der Waals surface area contributed by atoms with Crippen LogP contribution in [-0.2, 0) is 4.79 Å². The standard InChI is InChI=1S/C19H17Cl2NO/c1-2-3-7-15(12-5-4-6-13(20)10-12)18-16-9-8-14(21)11-17(16)22-19(18)23/h2,4-6,8-11,15,18H,1,3,7H2,(H,22,23). The number of benzene rings is 2. The molecule has 0 fully saturated rings. The first-order valence-electron chi connectivity index (χ1n) is 7.57. The van der Waals surface area contributed by atoms with Crippen molar-refractivity contribution < 1.29 is 4.79 Å². The van der Waals surface area contributed by atoms with E-state index in [-0.39, 0.29) is 17.7 Å². The van der Waals surface area contributed by atoms with Crippen LogP contribution in [0.15, 0.2) is 55.1 Å². The van der Waals surface area contributed by atoms with E-state index in [1.165, 1.54) is 0 Å². The molecule has 0 aliphatic carbocycles. The third-order valence-corrected chi connectivity index (χ3v) is 4.72. The molecular weight excluding hydrogens is 329 g/mol. The number of rotatable bonds is 5. The molecular formula is C19H17Cl2NO. The van der Waals surface area contributed by atoms with Crippen molar-refractivity contribution in [3.8, 4) is 0 Å². The van der Waals surface area contributed by atoms with E-state index in [9.17, 15) is 4.79 Å². The van der Waals surface area contributed by atoms with E-state index in [1.807, 2.05) is 42.5 Å². The molecule has 2 atom stereocenters. The Morgan fingerprint density at radius 3 is 2.70 bits per heavy atom. The Balaban J connectivity index is 2.03. The Hall–Kier alpha value is -1.77. The van der Waals surface area contributed by atoms with Gasteiger partial charge in [0, 0.05) is 15.7 Å². The minimum atomic E-state index is -0.235. The normalized spacial score (nSPS) is 17.5. The highest BCUT2D eigenvalue weighted by Gasteiger charge is 2.37. The second-order valence-electron chi connectivity index (χ2n) is 5.73. The summed E-state index contributed by atoms with van der Waals surface area (Å²) in [5, 5.41) is 4.25. The van der Waals surface area contributed by atoms with E-state index in [2.05, 4.69) is 11.9 Å². The lowest BCUT2D eigenvalue weighted by molar-refractivity contribution is -0.117. The number of allylic oxidation sites excluding steroid dienone is 1. The first-order valence-corrected chi connectivity index (χ1v) is 8.32. The average Bonchev–Trinajstić information content (AvgIpc) is 2.83. The summed E-state index contributed by atoms with van der Waals surface area (Å²) < 4.78 is 0. The number of hydrogen-bond donors (Lipinski definition) is 1. The number of fused-ring (bicyclic) bond motifs is 1. The monoisotopic (exact) mass is 345 g/mol. The summed E-state index contributed by atoms with van der Waals surface area (Å²) in [5.41, 5.74) is 2.87. The number of carbonyl (C=O) groups excluding carboxylic acids is 1. The van der Waals surface area contributed by atoms with Gasteiger partial charge in [0.1, 0.15) is 0 Å². The van der Waals surface area contributed by atoms with Gasteiger partial charge in [0.05, 0.1) is 5.92 Å². The van der Waals surface area contributed by atoms with Crippen molar-refractivity contribution in [1.29, 1.82) is 0 Å². The minimum absolute atomic E-state index is 0.0105. The van der Waals surface area contributed by atoms with Crippen LogP contribution in [0.25, 0.3) is 0 Å². The Morgan fingerprint density at radius 2 is 1.96 bits per heavy atom. The van der Waals surface area contributed by atoms with Crippen LogP contribution in [0, 0.1) is 0 Å². The van der Waals surface area contributed by atoms with E-state index in [0.717, 1.165) is 29.7 Å². The lowest BCUT2D eigenvalue weighted by Crippen LogP contribution is -2.19. The number of halogens is 2. The van der Waals surface area contributed by atoms with Crippen LogP contribution in [0.2, 0.25) is 10.0 Å². The van der Waals surface area contributed by atoms with Gasteiger partial charge in [-0.3, -0.25) is 4.79 Å². The molecule has 2 nitrogen and oxygen atoms in total. The molecule has 1 aliphatic heterocycles. The number of anilines is 1. The van der Waals surface area contributed by atoms with E-state index in [0.29, 0.717) is 10.0 Å². The van der Waals surface area contributed by atoms with Crippen molar-refractivity contribution in [3.63, 3.8) is 0 Å². The van der Waals surface area contributed by atoms with Crippen molar-refractivity contribution in [2.45, 2.75) is 24.7 Å². The lowest BCUT2D eigenvalue weighted by atomic mass is 9.79. The summed E-state index contributed by atoms with van der Waals surface area (Å²) in [6.07, 6.45) is 3.56. The highest BCUT2D eigenvalue weighted by Crippen LogP contribution is 2.45. The van der Waals surface area contributed by atoms with Gasteiger partial charge in [0.2, 0.25) is 5.91 Å². The van der Waals surface area contributed by atoms with Crippen LogP contribution >= 0.6 is 23.2 Å². The van der Waals surface area contributed by atoms with Gasteiger partial charge < -0.3 is 5.32 Å². The van der Waals surface area contributed by atoms with Crippen LogP contribution in [-0.4, -0.2) is 5.91 Å². The summed E-state index contributed by atoms with van der Waals surface area (Å²) in [6, 6.07) is 13.3. The third kappa shape index (κ3) is 3.29. The van der Waals surface area contributed by atoms with Gasteiger partial charge >= 0.3 is 0 Å². The van der Waals surface area contributed by atoms with E-state index in [1.54, 1.807) is 6.07 Å². The molecule has 0 aromatic heterocycles. The van der Waals surface area contributed by atoms with E-state index < -0.39 is 0 Å². The summed E-state index contributed by atoms with van der Waals surface area (Å²) in [7, 11) is 0. The Labute approximate surface area is 146 Å². The van der Waals surface area contributed by atoms with Crippen LogP contribution in [0.5, 0.6) is 0 Å². The largest absolute Gasteiger partial charge is 0.325 e. The smallest absolute Gasteiger partial charge is 0.232 e. The maximum atomic E-state index is 12.6. The van der Waals surface area contributed by atoms with Crippen LogP contribution in [0.4, 0.5) is 5.69 Å². The molecule has 1 N–H and O–H groups in total. The Bertz CT molecular complexity index is 757. The van der Waals surface area contributed by atoms with Crippen LogP contribution in [0.3, 0.4) is 0 Å². The number of nitrogens with one attached hydrogen (secondary N) is 1. The quantitative estimate of drug-likeness (QED) is 0.683. The summed E-state index contributed by atoms with van der Waals surface area (Å²) in [4.78, 5) is 12.6. The molecule has 3 rings (SSSR count). The highest BCUT2D eigenvalue weighted by molar-refractivity contribution is 6.31. The van der Waals surface area contributed by atoms with Gasteiger partial charge in [-0.05, 0) is 54.2 Å². The summed E-state index contributed by atoms with van der Waals surface area (Å²) in [6.45, 7) is 3.80. The molecule has 2 aromatic rings. The summed E-state index contributed by atoms with van der Waals surface area (Å²) in [5.74, 6) is -0.175.